The Hall–Kier alpha value is -1.40. The standard InChI is InChI=1S/C14H18ClNO4S/c1-9(2)20-14(19)7-8-16-13(18)6-3-10(17)11-4-5-12(15)21-11/h4-5,9H,3,6-8H2,1-2H3,(H,16,18). The minimum atomic E-state index is -0.352. The highest BCUT2D eigenvalue weighted by atomic mass is 35.5. The first-order valence-electron chi connectivity index (χ1n) is 6.63. The highest BCUT2D eigenvalue weighted by molar-refractivity contribution is 7.18. The van der Waals surface area contributed by atoms with Crippen molar-refractivity contribution in [1.29, 1.82) is 0 Å². The molecule has 21 heavy (non-hydrogen) atoms. The average molecular weight is 332 g/mol. The van der Waals surface area contributed by atoms with E-state index in [1.54, 1.807) is 26.0 Å². The van der Waals surface area contributed by atoms with Gasteiger partial charge in [0, 0.05) is 19.4 Å². The van der Waals surface area contributed by atoms with Gasteiger partial charge in [0.15, 0.2) is 5.78 Å². The van der Waals surface area contributed by atoms with Gasteiger partial charge in [0.05, 0.1) is 21.7 Å². The monoisotopic (exact) mass is 331 g/mol. The van der Waals surface area contributed by atoms with E-state index in [-0.39, 0.29) is 49.6 Å². The Morgan fingerprint density at radius 1 is 1.24 bits per heavy atom. The molecule has 1 amide bonds. The van der Waals surface area contributed by atoms with Gasteiger partial charge in [-0.2, -0.15) is 0 Å². The number of esters is 1. The van der Waals surface area contributed by atoms with Crippen molar-refractivity contribution in [1.82, 2.24) is 5.32 Å². The van der Waals surface area contributed by atoms with Crippen molar-refractivity contribution >= 4 is 40.6 Å². The maximum atomic E-state index is 11.8. The van der Waals surface area contributed by atoms with E-state index < -0.39 is 0 Å². The summed E-state index contributed by atoms with van der Waals surface area (Å²) in [7, 11) is 0. The molecule has 116 valence electrons. The second-order valence-electron chi connectivity index (χ2n) is 4.67. The molecule has 0 radical (unpaired) electrons. The second kappa shape index (κ2) is 8.79. The van der Waals surface area contributed by atoms with Crippen LogP contribution in [-0.2, 0) is 14.3 Å². The maximum Gasteiger partial charge on any atom is 0.307 e. The molecule has 0 saturated heterocycles. The topological polar surface area (TPSA) is 72.5 Å². The number of thiophene rings is 1. The van der Waals surface area contributed by atoms with Gasteiger partial charge in [-0.15, -0.1) is 11.3 Å². The Morgan fingerprint density at radius 2 is 1.95 bits per heavy atom. The Labute approximate surface area is 132 Å². The summed E-state index contributed by atoms with van der Waals surface area (Å²) in [6.07, 6.45) is 0.175. The van der Waals surface area contributed by atoms with E-state index >= 15 is 0 Å². The van der Waals surface area contributed by atoms with Gasteiger partial charge in [0.25, 0.3) is 0 Å². The Kier molecular flexibility index (Phi) is 7.39. The van der Waals surface area contributed by atoms with Crippen LogP contribution in [0.15, 0.2) is 12.1 Å². The van der Waals surface area contributed by atoms with Gasteiger partial charge < -0.3 is 10.1 Å². The normalized spacial score (nSPS) is 10.5. The lowest BCUT2D eigenvalue weighted by Crippen LogP contribution is -2.27. The van der Waals surface area contributed by atoms with Gasteiger partial charge in [-0.3, -0.25) is 14.4 Å². The van der Waals surface area contributed by atoms with Crippen LogP contribution >= 0.6 is 22.9 Å². The largest absolute Gasteiger partial charge is 0.463 e. The van der Waals surface area contributed by atoms with Gasteiger partial charge in [0.1, 0.15) is 0 Å². The van der Waals surface area contributed by atoms with Gasteiger partial charge in [0.2, 0.25) is 5.91 Å². The van der Waals surface area contributed by atoms with Crippen LogP contribution in [0, 0.1) is 0 Å². The minimum absolute atomic E-state index is 0.0909. The molecule has 0 unspecified atom stereocenters. The fourth-order valence-electron chi connectivity index (χ4n) is 1.53. The molecule has 1 N–H and O–H groups in total. The van der Waals surface area contributed by atoms with Gasteiger partial charge in [-0.25, -0.2) is 0 Å². The zero-order valence-electron chi connectivity index (χ0n) is 12.0. The number of carbonyl (C=O) groups is 3. The Morgan fingerprint density at radius 3 is 2.52 bits per heavy atom. The molecule has 0 aromatic carbocycles. The first-order valence-corrected chi connectivity index (χ1v) is 7.82. The van der Waals surface area contributed by atoms with E-state index in [0.29, 0.717) is 9.21 Å². The van der Waals surface area contributed by atoms with Gasteiger partial charge in [-0.05, 0) is 26.0 Å². The third-order valence-electron chi connectivity index (χ3n) is 2.45. The fourth-order valence-corrected chi connectivity index (χ4v) is 2.54. The van der Waals surface area contributed by atoms with Crippen LogP contribution in [0.1, 0.15) is 42.8 Å². The molecule has 1 aromatic heterocycles. The molecular weight excluding hydrogens is 314 g/mol. The Bertz CT molecular complexity index is 513. The number of nitrogens with one attached hydrogen (secondary N) is 1. The highest BCUT2D eigenvalue weighted by Gasteiger charge is 2.12. The number of rotatable bonds is 8. The molecule has 0 aliphatic rings. The molecule has 0 aliphatic heterocycles. The molecule has 1 aromatic rings. The Balaban J connectivity index is 2.19. The highest BCUT2D eigenvalue weighted by Crippen LogP contribution is 2.22. The van der Waals surface area contributed by atoms with E-state index in [1.807, 2.05) is 0 Å². The van der Waals surface area contributed by atoms with Crippen LogP contribution in [0.3, 0.4) is 0 Å². The third-order valence-corrected chi connectivity index (χ3v) is 3.72. The van der Waals surface area contributed by atoms with E-state index in [4.69, 9.17) is 16.3 Å². The first kappa shape index (κ1) is 17.7. The lowest BCUT2D eigenvalue weighted by atomic mass is 10.2. The number of ketones is 1. The van der Waals surface area contributed by atoms with Gasteiger partial charge >= 0.3 is 5.97 Å². The SMILES string of the molecule is CC(C)OC(=O)CCNC(=O)CCC(=O)c1ccc(Cl)s1. The zero-order chi connectivity index (χ0) is 15.8. The van der Waals surface area contributed by atoms with E-state index in [0.717, 1.165) is 0 Å². The number of hydrogen-bond donors (Lipinski definition) is 1. The molecule has 0 saturated carbocycles. The molecular formula is C14H18ClNO4S. The van der Waals surface area contributed by atoms with Crippen LogP contribution < -0.4 is 5.32 Å². The summed E-state index contributed by atoms with van der Waals surface area (Å²) in [4.78, 5) is 35.1. The van der Waals surface area contributed by atoms with E-state index in [9.17, 15) is 14.4 Å². The van der Waals surface area contributed by atoms with E-state index in [1.165, 1.54) is 11.3 Å². The van der Waals surface area contributed by atoms with Crippen molar-refractivity contribution in [2.24, 2.45) is 0 Å². The summed E-state index contributed by atoms with van der Waals surface area (Å²) in [5.41, 5.74) is 0. The minimum Gasteiger partial charge on any atom is -0.463 e. The van der Waals surface area contributed by atoms with Crippen LogP contribution in [0.2, 0.25) is 4.34 Å². The number of halogens is 1. The van der Waals surface area contributed by atoms with Crippen LogP contribution in [0.25, 0.3) is 0 Å². The molecule has 5 nitrogen and oxygen atoms in total. The molecule has 1 rings (SSSR count). The fraction of sp³-hybridized carbons (Fsp3) is 0.500. The van der Waals surface area contributed by atoms with Crippen molar-refractivity contribution in [3.8, 4) is 0 Å². The van der Waals surface area contributed by atoms with Gasteiger partial charge in [-0.1, -0.05) is 11.6 Å². The van der Waals surface area contributed by atoms with Crippen molar-refractivity contribution in [3.63, 3.8) is 0 Å². The molecule has 0 aliphatic carbocycles. The molecule has 7 heteroatoms. The predicted octanol–water partition coefficient (Wildman–Crippen LogP) is 2.82. The van der Waals surface area contributed by atoms with Crippen LogP contribution in [0.5, 0.6) is 0 Å². The summed E-state index contributed by atoms with van der Waals surface area (Å²) in [6, 6.07) is 3.30. The molecule has 1 heterocycles. The number of hydrogen-bond acceptors (Lipinski definition) is 5. The van der Waals surface area contributed by atoms with Crippen LogP contribution in [0.4, 0.5) is 0 Å². The number of carbonyl (C=O) groups excluding carboxylic acids is 3. The number of amides is 1. The first-order chi connectivity index (χ1) is 9.88. The maximum absolute atomic E-state index is 11.8. The quantitative estimate of drug-likeness (QED) is 0.587. The molecule has 0 fully saturated rings. The number of ether oxygens (including phenoxy) is 1. The van der Waals surface area contributed by atoms with E-state index in [2.05, 4.69) is 5.32 Å². The smallest absolute Gasteiger partial charge is 0.307 e. The average Bonchev–Trinajstić information content (AvgIpc) is 2.82. The summed E-state index contributed by atoms with van der Waals surface area (Å²) >= 11 is 6.94. The summed E-state index contributed by atoms with van der Waals surface area (Å²) in [6.45, 7) is 3.74. The third kappa shape index (κ3) is 7.24. The molecule has 0 bridgehead atoms. The van der Waals surface area contributed by atoms with Crippen molar-refractivity contribution < 1.29 is 19.1 Å². The molecule has 0 spiro atoms. The lowest BCUT2D eigenvalue weighted by Gasteiger charge is -2.08. The lowest BCUT2D eigenvalue weighted by molar-refractivity contribution is -0.147. The summed E-state index contributed by atoms with van der Waals surface area (Å²) < 4.78 is 5.48. The zero-order valence-corrected chi connectivity index (χ0v) is 13.6. The number of Topliss-reactive ketones (excluding diaryl/α,β-unsaturated/α-hetero) is 1. The van der Waals surface area contributed by atoms with Crippen LogP contribution in [-0.4, -0.2) is 30.3 Å². The predicted molar refractivity (Wildman–Crippen MR) is 81.7 cm³/mol. The summed E-state index contributed by atoms with van der Waals surface area (Å²) in [5, 5.41) is 2.58. The van der Waals surface area contributed by atoms with Crippen molar-refractivity contribution in [3.05, 3.63) is 21.3 Å². The second-order valence-corrected chi connectivity index (χ2v) is 6.38. The van der Waals surface area contributed by atoms with Crippen molar-refractivity contribution in [2.45, 2.75) is 39.2 Å². The van der Waals surface area contributed by atoms with Crippen molar-refractivity contribution in [2.75, 3.05) is 6.54 Å². The molecule has 0 atom stereocenters. The summed E-state index contributed by atoms with van der Waals surface area (Å²) in [5.74, 6) is -0.723.